The minimum Gasteiger partial charge on any atom is -0.463 e. The summed E-state index contributed by atoms with van der Waals surface area (Å²) in [5.41, 5.74) is 8.81. The Morgan fingerprint density at radius 1 is 1.00 bits per heavy atom. The van der Waals surface area contributed by atoms with Crippen LogP contribution >= 0.6 is 0 Å². The smallest absolute Gasteiger partial charge is 0.293 e. The molecule has 0 radical (unpaired) electrons. The first-order valence-electron chi connectivity index (χ1n) is 12.7. The van der Waals surface area contributed by atoms with E-state index in [2.05, 4.69) is 75.6 Å². The van der Waals surface area contributed by atoms with Gasteiger partial charge in [0.1, 0.15) is 18.0 Å². The van der Waals surface area contributed by atoms with Gasteiger partial charge in [-0.3, -0.25) is 4.79 Å². The molecule has 6 heteroatoms. The molecule has 1 aliphatic heterocycles. The second kappa shape index (κ2) is 12.3. The maximum atomic E-state index is 9.87. The summed E-state index contributed by atoms with van der Waals surface area (Å²) in [5, 5.41) is 7.22. The molecule has 0 spiro atoms. The number of carbonyl (C=O) groups excluding carboxylic acids is 1. The van der Waals surface area contributed by atoms with Crippen LogP contribution in [0, 0.1) is 13.8 Å². The van der Waals surface area contributed by atoms with Crippen molar-refractivity contribution in [2.45, 2.75) is 46.3 Å². The monoisotopic (exact) mass is 497 g/mol. The van der Waals surface area contributed by atoms with Crippen molar-refractivity contribution in [3.63, 3.8) is 0 Å². The van der Waals surface area contributed by atoms with Gasteiger partial charge in [0.15, 0.2) is 5.76 Å². The first kappa shape index (κ1) is 26.0. The molecule has 1 unspecified atom stereocenters. The minimum atomic E-state index is 0.371. The lowest BCUT2D eigenvalue weighted by Crippen LogP contribution is -2.25. The van der Waals surface area contributed by atoms with Crippen molar-refractivity contribution in [3.8, 4) is 22.5 Å². The van der Waals surface area contributed by atoms with Gasteiger partial charge in [-0.15, -0.1) is 0 Å². The molecule has 0 saturated carbocycles. The first-order chi connectivity index (χ1) is 18.0. The summed E-state index contributed by atoms with van der Waals surface area (Å²) in [7, 11) is 1.89. The minimum absolute atomic E-state index is 0.371. The summed E-state index contributed by atoms with van der Waals surface area (Å²) in [6.07, 6.45) is 2.58. The predicted octanol–water partition coefficient (Wildman–Crippen LogP) is 7.02. The lowest BCUT2D eigenvalue weighted by molar-refractivity contribution is -0.129. The van der Waals surface area contributed by atoms with Crippen molar-refractivity contribution in [3.05, 3.63) is 89.6 Å². The van der Waals surface area contributed by atoms with Crippen LogP contribution in [0.25, 0.3) is 22.5 Å². The molecule has 1 aliphatic rings. The molecule has 3 aromatic carbocycles. The van der Waals surface area contributed by atoms with Crippen LogP contribution in [0.2, 0.25) is 0 Å². The van der Waals surface area contributed by atoms with Gasteiger partial charge in [-0.2, -0.15) is 0 Å². The number of nitrogens with zero attached hydrogens (tertiary/aromatic N) is 2. The molecule has 2 heterocycles. The van der Waals surface area contributed by atoms with E-state index in [1.54, 1.807) is 0 Å². The number of ether oxygens (including phenoxy) is 1. The average Bonchev–Trinajstić information content (AvgIpc) is 3.53. The van der Waals surface area contributed by atoms with Gasteiger partial charge in [0.05, 0.1) is 0 Å². The molecule has 1 saturated heterocycles. The van der Waals surface area contributed by atoms with E-state index >= 15 is 0 Å². The number of benzene rings is 3. The molecule has 4 aromatic rings. The molecule has 1 N–H and O–H groups in total. The van der Waals surface area contributed by atoms with Crippen LogP contribution in [0.1, 0.15) is 36.6 Å². The van der Waals surface area contributed by atoms with Crippen LogP contribution < -0.4 is 10.2 Å². The van der Waals surface area contributed by atoms with Crippen LogP contribution in [0.4, 0.5) is 11.4 Å². The normalized spacial score (nSPS) is 14.6. The third-order valence-electron chi connectivity index (χ3n) is 6.91. The number of nitrogens with one attached hydrogen (secondary N) is 1. The summed E-state index contributed by atoms with van der Waals surface area (Å²) < 4.78 is 10.1. The maximum Gasteiger partial charge on any atom is 0.293 e. The topological polar surface area (TPSA) is 67.6 Å². The van der Waals surface area contributed by atoms with Crippen LogP contribution in [0.5, 0.6) is 0 Å². The van der Waals surface area contributed by atoms with Gasteiger partial charge in [-0.25, -0.2) is 0 Å². The summed E-state index contributed by atoms with van der Waals surface area (Å²) in [4.78, 5) is 12.4. The second-order valence-corrected chi connectivity index (χ2v) is 9.36. The van der Waals surface area contributed by atoms with E-state index in [0.29, 0.717) is 19.1 Å². The van der Waals surface area contributed by atoms with Gasteiger partial charge in [0.25, 0.3) is 6.47 Å². The van der Waals surface area contributed by atoms with Crippen molar-refractivity contribution >= 4 is 17.8 Å². The Labute approximate surface area is 219 Å². The third kappa shape index (κ3) is 6.20. The van der Waals surface area contributed by atoms with Crippen molar-refractivity contribution in [2.75, 3.05) is 23.8 Å². The van der Waals surface area contributed by atoms with Gasteiger partial charge in [-0.05, 0) is 68.0 Å². The molecular formula is C31H35N3O3. The van der Waals surface area contributed by atoms with E-state index in [0.717, 1.165) is 33.8 Å². The molecule has 1 atom stereocenters. The van der Waals surface area contributed by atoms with Gasteiger partial charge >= 0.3 is 0 Å². The Hall–Kier alpha value is -4.06. The summed E-state index contributed by atoms with van der Waals surface area (Å²) >= 11 is 0. The van der Waals surface area contributed by atoms with Crippen molar-refractivity contribution in [2.24, 2.45) is 0 Å². The number of anilines is 2. The van der Waals surface area contributed by atoms with Gasteiger partial charge < -0.3 is 19.5 Å². The van der Waals surface area contributed by atoms with Gasteiger partial charge in [0, 0.05) is 30.9 Å². The average molecular weight is 498 g/mol. The number of carbonyl (C=O) groups is 1. The van der Waals surface area contributed by atoms with Crippen LogP contribution in [0.15, 0.2) is 77.3 Å². The molecule has 1 fully saturated rings. The molecule has 1 aromatic heterocycles. The molecular weight excluding hydrogens is 462 g/mol. The van der Waals surface area contributed by atoms with Crippen LogP contribution in [-0.4, -0.2) is 31.3 Å². The van der Waals surface area contributed by atoms with Gasteiger partial charge in [-0.1, -0.05) is 65.8 Å². The van der Waals surface area contributed by atoms with E-state index in [1.807, 2.05) is 45.2 Å². The molecule has 192 valence electrons. The van der Waals surface area contributed by atoms with Crippen LogP contribution in [0.3, 0.4) is 0 Å². The Bertz CT molecular complexity index is 1300. The van der Waals surface area contributed by atoms with Crippen molar-refractivity contribution in [1.29, 1.82) is 0 Å². The molecule has 0 amide bonds. The van der Waals surface area contributed by atoms with E-state index < -0.39 is 0 Å². The maximum absolute atomic E-state index is 9.87. The van der Waals surface area contributed by atoms with E-state index in [1.165, 1.54) is 36.2 Å². The fourth-order valence-corrected chi connectivity index (χ4v) is 4.73. The van der Waals surface area contributed by atoms with Gasteiger partial charge in [0.2, 0.25) is 0 Å². The zero-order valence-electron chi connectivity index (χ0n) is 22.0. The quantitative estimate of drug-likeness (QED) is 0.277. The predicted molar refractivity (Wildman–Crippen MR) is 150 cm³/mol. The number of aryl methyl sites for hydroxylation is 2. The first-order valence-corrected chi connectivity index (χ1v) is 12.7. The second-order valence-electron chi connectivity index (χ2n) is 9.36. The fourth-order valence-electron chi connectivity index (χ4n) is 4.73. The zero-order valence-corrected chi connectivity index (χ0v) is 22.0. The Morgan fingerprint density at radius 3 is 2.24 bits per heavy atom. The number of hydrogen-bond acceptors (Lipinski definition) is 6. The number of rotatable bonds is 7. The lowest BCUT2D eigenvalue weighted by atomic mass is 10.0. The van der Waals surface area contributed by atoms with E-state index in [-0.39, 0.29) is 0 Å². The molecule has 6 nitrogen and oxygen atoms in total. The van der Waals surface area contributed by atoms with Crippen molar-refractivity contribution in [1.82, 2.24) is 5.16 Å². The highest BCUT2D eigenvalue weighted by molar-refractivity contribution is 5.76. The van der Waals surface area contributed by atoms with Crippen LogP contribution in [-0.2, 0) is 16.1 Å². The fraction of sp³-hybridized carbons (Fsp3) is 0.290. The van der Waals surface area contributed by atoms with E-state index in [9.17, 15) is 4.79 Å². The Balaban J connectivity index is 0.000000245. The largest absolute Gasteiger partial charge is 0.463 e. The summed E-state index contributed by atoms with van der Waals surface area (Å²) in [6.45, 7) is 8.24. The SMILES string of the molecule is CNc1c(C)noc1-c1ccc(-c2ccc(N3CCCC3C)cc2)cc1.Cc1ccccc1COC=O. The molecule has 37 heavy (non-hydrogen) atoms. The van der Waals surface area contributed by atoms with Crippen molar-refractivity contribution < 1.29 is 14.1 Å². The number of aromatic nitrogens is 1. The Morgan fingerprint density at radius 2 is 1.65 bits per heavy atom. The number of hydrogen-bond donors (Lipinski definition) is 1. The highest BCUT2D eigenvalue weighted by Gasteiger charge is 2.20. The molecule has 5 rings (SSSR count). The zero-order chi connectivity index (χ0) is 26.2. The summed E-state index contributed by atoms with van der Waals surface area (Å²) in [5.74, 6) is 0.787. The highest BCUT2D eigenvalue weighted by Crippen LogP contribution is 2.33. The molecule has 0 aliphatic carbocycles. The highest BCUT2D eigenvalue weighted by atomic mass is 16.5. The third-order valence-corrected chi connectivity index (χ3v) is 6.91. The lowest BCUT2D eigenvalue weighted by Gasteiger charge is -2.24. The standard InChI is InChI=1S/C22H25N3O.C9H10O2/c1-15-5-4-14-25(15)20-12-10-18(11-13-20)17-6-8-19(9-7-17)22-21(23-3)16(2)24-26-22;1-8-4-2-3-5-9(8)6-11-7-10/h6-13,15,23H,4-5,14H2,1-3H3;2-5,7H,6H2,1H3. The summed E-state index contributed by atoms with van der Waals surface area (Å²) in [6, 6.07) is 25.8. The molecule has 0 bridgehead atoms. The van der Waals surface area contributed by atoms with E-state index in [4.69, 9.17) is 4.52 Å². The Kier molecular flexibility index (Phi) is 8.62.